The van der Waals surface area contributed by atoms with Crippen LogP contribution in [-0.2, 0) is 10.0 Å². The molecule has 0 heterocycles. The number of sulfonamides is 1. The Bertz CT molecular complexity index is 1200. The van der Waals surface area contributed by atoms with Crippen LogP contribution < -0.4 is 14.9 Å². The maximum Gasteiger partial charge on any atom is 0.271 e. The molecule has 3 rings (SSSR count). The fourth-order valence-corrected chi connectivity index (χ4v) is 3.71. The van der Waals surface area contributed by atoms with Gasteiger partial charge in [0.1, 0.15) is 0 Å². The molecule has 0 aliphatic rings. The number of ether oxygens (including phenoxy) is 1. The van der Waals surface area contributed by atoms with Gasteiger partial charge in [-0.25, -0.2) is 13.8 Å². The van der Waals surface area contributed by atoms with E-state index in [1.54, 1.807) is 30.3 Å². The molecule has 0 aliphatic carbocycles. The van der Waals surface area contributed by atoms with Crippen LogP contribution in [0.25, 0.3) is 0 Å². The number of amides is 1. The van der Waals surface area contributed by atoms with Crippen LogP contribution in [0.4, 0.5) is 5.69 Å². The summed E-state index contributed by atoms with van der Waals surface area (Å²) in [6, 6.07) is 17.3. The average Bonchev–Trinajstić information content (AvgIpc) is 2.75. The number of hydrogen-bond donors (Lipinski definition) is 3. The Morgan fingerprint density at radius 1 is 1.03 bits per heavy atom. The van der Waals surface area contributed by atoms with E-state index in [1.807, 2.05) is 6.92 Å². The Hall–Kier alpha value is -3.85. The molecule has 3 aromatic carbocycles. The van der Waals surface area contributed by atoms with Gasteiger partial charge in [-0.3, -0.25) is 9.52 Å². The molecule has 0 bridgehead atoms. The Labute approximate surface area is 180 Å². The number of rotatable bonds is 7. The number of aryl methyl sites for hydroxylation is 1. The summed E-state index contributed by atoms with van der Waals surface area (Å²) < 4.78 is 32.4. The zero-order chi connectivity index (χ0) is 22.4. The predicted octanol–water partition coefficient (Wildman–Crippen LogP) is 3.27. The number of aromatic hydroxyl groups is 1. The lowest BCUT2D eigenvalue weighted by molar-refractivity contribution is 0.0955. The molecule has 160 valence electrons. The van der Waals surface area contributed by atoms with Gasteiger partial charge in [0.05, 0.1) is 18.2 Å². The molecule has 0 fully saturated rings. The molecule has 0 saturated heterocycles. The minimum Gasteiger partial charge on any atom is -0.504 e. The molecule has 0 spiro atoms. The third-order valence-corrected chi connectivity index (χ3v) is 5.75. The first-order chi connectivity index (χ1) is 14.8. The summed E-state index contributed by atoms with van der Waals surface area (Å²) in [5.74, 6) is -0.293. The van der Waals surface area contributed by atoms with E-state index >= 15 is 0 Å². The normalized spacial score (nSPS) is 11.3. The number of carbonyl (C=O) groups is 1. The van der Waals surface area contributed by atoms with Gasteiger partial charge in [-0.15, -0.1) is 0 Å². The number of nitrogens with zero attached hydrogens (tertiary/aromatic N) is 1. The van der Waals surface area contributed by atoms with Crippen molar-refractivity contribution in [3.05, 3.63) is 83.4 Å². The first-order valence-corrected chi connectivity index (χ1v) is 10.7. The highest BCUT2D eigenvalue weighted by Crippen LogP contribution is 2.27. The number of para-hydroxylation sites is 1. The van der Waals surface area contributed by atoms with E-state index < -0.39 is 15.9 Å². The number of carbonyl (C=O) groups excluding carboxylic acids is 1. The van der Waals surface area contributed by atoms with Crippen LogP contribution in [0.3, 0.4) is 0 Å². The van der Waals surface area contributed by atoms with Crippen molar-refractivity contribution < 1.29 is 23.1 Å². The minimum atomic E-state index is -3.73. The van der Waals surface area contributed by atoms with E-state index in [4.69, 9.17) is 4.74 Å². The number of anilines is 1. The standard InChI is InChI=1S/C22H21N3O5S/c1-15-6-12-19(13-7-15)31(28,29)25-18-10-8-16(9-11-18)22(27)24-23-14-17-4-3-5-20(30-2)21(17)26/h3-14,25-26H,1-2H3,(H,24,27)/b23-14+. The lowest BCUT2D eigenvalue weighted by atomic mass is 10.2. The van der Waals surface area contributed by atoms with E-state index in [0.717, 1.165) is 5.56 Å². The second-order valence-electron chi connectivity index (χ2n) is 6.59. The largest absolute Gasteiger partial charge is 0.504 e. The lowest BCUT2D eigenvalue weighted by Gasteiger charge is -2.09. The molecule has 0 radical (unpaired) electrons. The molecule has 0 unspecified atom stereocenters. The monoisotopic (exact) mass is 439 g/mol. The molecule has 0 saturated carbocycles. The quantitative estimate of drug-likeness (QED) is 0.386. The van der Waals surface area contributed by atoms with Crippen molar-refractivity contribution in [3.63, 3.8) is 0 Å². The van der Waals surface area contributed by atoms with E-state index in [9.17, 15) is 18.3 Å². The van der Waals surface area contributed by atoms with Gasteiger partial charge in [0.2, 0.25) is 0 Å². The fourth-order valence-electron chi connectivity index (χ4n) is 2.65. The maximum atomic E-state index is 12.4. The lowest BCUT2D eigenvalue weighted by Crippen LogP contribution is -2.18. The molecule has 0 aliphatic heterocycles. The molecule has 1 amide bonds. The minimum absolute atomic E-state index is 0.0896. The zero-order valence-corrected chi connectivity index (χ0v) is 17.7. The maximum absolute atomic E-state index is 12.4. The highest BCUT2D eigenvalue weighted by atomic mass is 32.2. The SMILES string of the molecule is COc1cccc(/C=N/NC(=O)c2ccc(NS(=O)(=O)c3ccc(C)cc3)cc2)c1O. The molecule has 3 N–H and O–H groups in total. The topological polar surface area (TPSA) is 117 Å². The van der Waals surface area contributed by atoms with Crippen LogP contribution in [0.5, 0.6) is 11.5 Å². The van der Waals surface area contributed by atoms with Crippen molar-refractivity contribution in [2.75, 3.05) is 11.8 Å². The highest BCUT2D eigenvalue weighted by Gasteiger charge is 2.14. The molecular formula is C22H21N3O5S. The number of phenols is 1. The Kier molecular flexibility index (Phi) is 6.56. The summed E-state index contributed by atoms with van der Waals surface area (Å²) in [6.45, 7) is 1.87. The zero-order valence-electron chi connectivity index (χ0n) is 16.9. The van der Waals surface area contributed by atoms with Crippen LogP contribution in [0.1, 0.15) is 21.5 Å². The molecule has 9 heteroatoms. The summed E-state index contributed by atoms with van der Waals surface area (Å²) >= 11 is 0. The molecule has 8 nitrogen and oxygen atoms in total. The average molecular weight is 439 g/mol. The van der Waals surface area contributed by atoms with E-state index in [1.165, 1.54) is 49.7 Å². The van der Waals surface area contributed by atoms with E-state index in [2.05, 4.69) is 15.2 Å². The summed E-state index contributed by atoms with van der Waals surface area (Å²) in [4.78, 5) is 12.4. The Morgan fingerprint density at radius 2 is 1.71 bits per heavy atom. The Balaban J connectivity index is 1.64. The van der Waals surface area contributed by atoms with Crippen LogP contribution in [0.2, 0.25) is 0 Å². The highest BCUT2D eigenvalue weighted by molar-refractivity contribution is 7.92. The second kappa shape index (κ2) is 9.31. The predicted molar refractivity (Wildman–Crippen MR) is 118 cm³/mol. The van der Waals surface area contributed by atoms with Crippen LogP contribution in [0, 0.1) is 6.92 Å². The number of hydrogen-bond acceptors (Lipinski definition) is 6. The van der Waals surface area contributed by atoms with Crippen LogP contribution in [-0.4, -0.2) is 32.8 Å². The van der Waals surface area contributed by atoms with Gasteiger partial charge < -0.3 is 9.84 Å². The molecule has 31 heavy (non-hydrogen) atoms. The summed E-state index contributed by atoms with van der Waals surface area (Å²) in [6.07, 6.45) is 1.29. The number of nitrogens with one attached hydrogen (secondary N) is 2. The first-order valence-electron chi connectivity index (χ1n) is 9.19. The summed E-state index contributed by atoms with van der Waals surface area (Å²) in [7, 11) is -2.29. The molecular weight excluding hydrogens is 418 g/mol. The van der Waals surface area contributed by atoms with Gasteiger partial charge in [-0.2, -0.15) is 5.10 Å². The molecule has 0 aromatic heterocycles. The van der Waals surface area contributed by atoms with Crippen LogP contribution in [0.15, 0.2) is 76.7 Å². The summed E-state index contributed by atoms with van der Waals surface area (Å²) in [5.41, 5.74) is 4.29. The van der Waals surface area contributed by atoms with E-state index in [-0.39, 0.29) is 16.2 Å². The molecule has 0 atom stereocenters. The first kappa shape index (κ1) is 21.8. The van der Waals surface area contributed by atoms with Crippen molar-refractivity contribution in [2.24, 2.45) is 5.10 Å². The molecule has 3 aromatic rings. The number of benzene rings is 3. The van der Waals surface area contributed by atoms with Crippen molar-refractivity contribution in [1.82, 2.24) is 5.43 Å². The van der Waals surface area contributed by atoms with Gasteiger partial charge in [0.15, 0.2) is 11.5 Å². The fraction of sp³-hybridized carbons (Fsp3) is 0.0909. The van der Waals surface area contributed by atoms with Gasteiger partial charge in [0.25, 0.3) is 15.9 Å². The van der Waals surface area contributed by atoms with Crippen molar-refractivity contribution >= 4 is 27.8 Å². The second-order valence-corrected chi connectivity index (χ2v) is 8.28. The van der Waals surface area contributed by atoms with Crippen molar-refractivity contribution in [3.8, 4) is 11.5 Å². The third kappa shape index (κ3) is 5.40. The third-order valence-electron chi connectivity index (χ3n) is 4.35. The van der Waals surface area contributed by atoms with Crippen LogP contribution >= 0.6 is 0 Å². The van der Waals surface area contributed by atoms with Gasteiger partial charge in [-0.1, -0.05) is 23.8 Å². The van der Waals surface area contributed by atoms with Gasteiger partial charge in [0, 0.05) is 16.8 Å². The Morgan fingerprint density at radius 3 is 2.35 bits per heavy atom. The van der Waals surface area contributed by atoms with Crippen molar-refractivity contribution in [2.45, 2.75) is 11.8 Å². The number of hydrazone groups is 1. The smallest absolute Gasteiger partial charge is 0.271 e. The van der Waals surface area contributed by atoms with E-state index in [0.29, 0.717) is 17.0 Å². The number of methoxy groups -OCH3 is 1. The number of phenolic OH excluding ortho intramolecular Hbond substituents is 1. The summed E-state index contributed by atoms with van der Waals surface area (Å²) in [5, 5.41) is 13.8. The van der Waals surface area contributed by atoms with Crippen molar-refractivity contribution in [1.29, 1.82) is 0 Å². The van der Waals surface area contributed by atoms with Gasteiger partial charge in [-0.05, 0) is 55.5 Å². The van der Waals surface area contributed by atoms with Gasteiger partial charge >= 0.3 is 0 Å².